The van der Waals surface area contributed by atoms with E-state index in [0.717, 1.165) is 18.4 Å². The van der Waals surface area contributed by atoms with Crippen molar-refractivity contribution >= 4 is 0 Å². The highest BCUT2D eigenvalue weighted by atomic mass is 15.4. The third-order valence-corrected chi connectivity index (χ3v) is 3.78. The molecule has 3 rings (SSSR count). The molecule has 1 aromatic heterocycles. The Morgan fingerprint density at radius 1 is 1.19 bits per heavy atom. The number of rotatable bonds is 4. The van der Waals surface area contributed by atoms with Crippen molar-refractivity contribution in [3.05, 3.63) is 11.9 Å². The van der Waals surface area contributed by atoms with Crippen molar-refractivity contribution in [3.8, 4) is 0 Å². The Labute approximate surface area is 96.4 Å². The van der Waals surface area contributed by atoms with Gasteiger partial charge in [-0.05, 0) is 57.0 Å². The lowest BCUT2D eigenvalue weighted by Gasteiger charge is -2.22. The summed E-state index contributed by atoms with van der Waals surface area (Å²) in [6, 6.07) is 0. The summed E-state index contributed by atoms with van der Waals surface area (Å²) in [5.74, 6) is 1.71. The van der Waals surface area contributed by atoms with Gasteiger partial charge in [-0.15, -0.1) is 5.10 Å². The summed E-state index contributed by atoms with van der Waals surface area (Å²) in [6.45, 7) is 3.45. The van der Waals surface area contributed by atoms with Gasteiger partial charge in [-0.3, -0.25) is 0 Å². The first kappa shape index (κ1) is 10.3. The van der Waals surface area contributed by atoms with Gasteiger partial charge in [0.1, 0.15) is 0 Å². The average molecular weight is 220 g/mol. The van der Waals surface area contributed by atoms with Gasteiger partial charge in [0.05, 0.1) is 11.9 Å². The molecular formula is C12H20N4. The van der Waals surface area contributed by atoms with Crippen molar-refractivity contribution in [1.82, 2.24) is 20.3 Å². The smallest absolute Gasteiger partial charge is 0.0725 e. The molecule has 16 heavy (non-hydrogen) atoms. The lowest BCUT2D eigenvalue weighted by molar-refractivity contribution is 0.361. The minimum atomic E-state index is 0.831. The van der Waals surface area contributed by atoms with Gasteiger partial charge in [-0.25, -0.2) is 4.68 Å². The molecule has 1 aliphatic carbocycles. The Morgan fingerprint density at radius 3 is 2.75 bits per heavy atom. The third kappa shape index (κ3) is 2.43. The summed E-state index contributed by atoms with van der Waals surface area (Å²) >= 11 is 0. The van der Waals surface area contributed by atoms with Gasteiger partial charge >= 0.3 is 0 Å². The first-order chi connectivity index (χ1) is 7.92. The molecule has 0 radical (unpaired) electrons. The summed E-state index contributed by atoms with van der Waals surface area (Å²) in [5.41, 5.74) is 1.35. The number of aromatic nitrogens is 3. The molecule has 0 unspecified atom stereocenters. The summed E-state index contributed by atoms with van der Waals surface area (Å²) in [5, 5.41) is 11.7. The molecule has 0 amide bonds. The van der Waals surface area contributed by atoms with Crippen LogP contribution in [0.15, 0.2) is 6.20 Å². The molecule has 88 valence electrons. The van der Waals surface area contributed by atoms with Crippen LogP contribution in [0.4, 0.5) is 0 Å². The molecule has 2 aliphatic rings. The molecule has 0 spiro atoms. The number of nitrogens with zero attached hydrogens (tertiary/aromatic N) is 3. The Kier molecular flexibility index (Phi) is 2.91. The highest BCUT2D eigenvalue weighted by Crippen LogP contribution is 2.31. The van der Waals surface area contributed by atoms with Crippen LogP contribution in [0.3, 0.4) is 0 Å². The molecule has 1 aliphatic heterocycles. The second-order valence-electron chi connectivity index (χ2n) is 5.25. The summed E-state index contributed by atoms with van der Waals surface area (Å²) < 4.78 is 2.14. The van der Waals surface area contributed by atoms with Crippen LogP contribution >= 0.6 is 0 Å². The van der Waals surface area contributed by atoms with Crippen LogP contribution in [0.5, 0.6) is 0 Å². The normalized spacial score (nSPS) is 22.5. The molecule has 1 aromatic rings. The summed E-state index contributed by atoms with van der Waals surface area (Å²) in [4.78, 5) is 0. The van der Waals surface area contributed by atoms with E-state index >= 15 is 0 Å². The van der Waals surface area contributed by atoms with Crippen molar-refractivity contribution in [3.63, 3.8) is 0 Å². The molecule has 1 saturated heterocycles. The highest BCUT2D eigenvalue weighted by Gasteiger charge is 2.24. The fourth-order valence-corrected chi connectivity index (χ4v) is 2.52. The van der Waals surface area contributed by atoms with E-state index in [4.69, 9.17) is 0 Å². The van der Waals surface area contributed by atoms with E-state index in [0.29, 0.717) is 0 Å². The monoisotopic (exact) mass is 220 g/mol. The van der Waals surface area contributed by atoms with Gasteiger partial charge in [0.25, 0.3) is 0 Å². The van der Waals surface area contributed by atoms with E-state index in [9.17, 15) is 0 Å². The van der Waals surface area contributed by atoms with Crippen LogP contribution in [-0.2, 0) is 13.0 Å². The van der Waals surface area contributed by atoms with Crippen molar-refractivity contribution in [2.24, 2.45) is 11.8 Å². The minimum absolute atomic E-state index is 0.831. The van der Waals surface area contributed by atoms with Crippen molar-refractivity contribution in [2.75, 3.05) is 13.1 Å². The summed E-state index contributed by atoms with van der Waals surface area (Å²) in [6.07, 6.45) is 8.49. The van der Waals surface area contributed by atoms with Crippen LogP contribution < -0.4 is 5.32 Å². The first-order valence-electron chi connectivity index (χ1n) is 6.50. The standard InChI is InChI=1S/C12H20N4/c1-2-11(1)9-16-12(8-14-15-16)7-10-3-5-13-6-4-10/h8,10-11,13H,1-7,9H2. The molecule has 2 fully saturated rings. The maximum absolute atomic E-state index is 4.21. The minimum Gasteiger partial charge on any atom is -0.317 e. The predicted octanol–water partition coefficient (Wildman–Crippen LogP) is 1.23. The highest BCUT2D eigenvalue weighted by molar-refractivity contribution is 4.97. The summed E-state index contributed by atoms with van der Waals surface area (Å²) in [7, 11) is 0. The average Bonchev–Trinajstić information content (AvgIpc) is 3.02. The quantitative estimate of drug-likeness (QED) is 0.830. The Balaban J connectivity index is 1.61. The van der Waals surface area contributed by atoms with Crippen LogP contribution in [0.25, 0.3) is 0 Å². The topological polar surface area (TPSA) is 42.7 Å². The largest absolute Gasteiger partial charge is 0.317 e. The van der Waals surface area contributed by atoms with Gasteiger partial charge in [0.2, 0.25) is 0 Å². The Morgan fingerprint density at radius 2 is 2.00 bits per heavy atom. The Bertz CT molecular complexity index is 337. The number of hydrogen-bond donors (Lipinski definition) is 1. The fraction of sp³-hybridized carbons (Fsp3) is 0.833. The van der Waals surface area contributed by atoms with Gasteiger partial charge < -0.3 is 5.32 Å². The van der Waals surface area contributed by atoms with E-state index in [-0.39, 0.29) is 0 Å². The lowest BCUT2D eigenvalue weighted by atomic mass is 9.93. The fourth-order valence-electron chi connectivity index (χ4n) is 2.52. The molecule has 0 bridgehead atoms. The van der Waals surface area contributed by atoms with Crippen molar-refractivity contribution in [1.29, 1.82) is 0 Å². The van der Waals surface area contributed by atoms with Crippen molar-refractivity contribution < 1.29 is 0 Å². The molecule has 4 heteroatoms. The van der Waals surface area contributed by atoms with E-state index in [1.807, 2.05) is 6.20 Å². The molecule has 1 saturated carbocycles. The molecule has 0 atom stereocenters. The zero-order valence-corrected chi connectivity index (χ0v) is 9.73. The zero-order valence-electron chi connectivity index (χ0n) is 9.73. The molecule has 1 N–H and O–H groups in total. The SMILES string of the molecule is c1nnn(CC2CC2)c1CC1CCNCC1. The molecule has 2 heterocycles. The maximum Gasteiger partial charge on any atom is 0.0725 e. The first-order valence-corrected chi connectivity index (χ1v) is 6.50. The second kappa shape index (κ2) is 4.53. The number of nitrogens with one attached hydrogen (secondary N) is 1. The van der Waals surface area contributed by atoms with Gasteiger partial charge in [-0.1, -0.05) is 5.21 Å². The predicted molar refractivity (Wildman–Crippen MR) is 62.0 cm³/mol. The number of piperidine rings is 1. The zero-order chi connectivity index (χ0) is 10.8. The van der Waals surface area contributed by atoms with E-state index in [2.05, 4.69) is 20.3 Å². The Hall–Kier alpha value is -0.900. The second-order valence-corrected chi connectivity index (χ2v) is 5.25. The van der Waals surface area contributed by atoms with E-state index in [1.165, 1.54) is 50.9 Å². The maximum atomic E-state index is 4.21. The van der Waals surface area contributed by atoms with Crippen LogP contribution in [0.2, 0.25) is 0 Å². The molecule has 4 nitrogen and oxygen atoms in total. The van der Waals surface area contributed by atoms with Gasteiger partial charge in [0.15, 0.2) is 0 Å². The van der Waals surface area contributed by atoms with Crippen LogP contribution in [0, 0.1) is 11.8 Å². The van der Waals surface area contributed by atoms with Gasteiger partial charge in [-0.2, -0.15) is 0 Å². The van der Waals surface area contributed by atoms with Gasteiger partial charge in [0, 0.05) is 6.54 Å². The van der Waals surface area contributed by atoms with Crippen LogP contribution in [-0.4, -0.2) is 28.1 Å². The number of hydrogen-bond acceptors (Lipinski definition) is 3. The van der Waals surface area contributed by atoms with Crippen molar-refractivity contribution in [2.45, 2.75) is 38.6 Å². The molecule has 0 aromatic carbocycles. The third-order valence-electron chi connectivity index (χ3n) is 3.78. The van der Waals surface area contributed by atoms with Crippen LogP contribution in [0.1, 0.15) is 31.4 Å². The van der Waals surface area contributed by atoms with E-state index in [1.54, 1.807) is 0 Å². The molecular weight excluding hydrogens is 200 g/mol. The lowest BCUT2D eigenvalue weighted by Crippen LogP contribution is -2.29. The van der Waals surface area contributed by atoms with E-state index < -0.39 is 0 Å².